The molecule has 0 N–H and O–H groups in total. The fraction of sp³-hybridized carbons (Fsp3) is 0.160. The molecular formula is C50H44IrN2OSi-2. The van der Waals surface area contributed by atoms with Gasteiger partial charge in [0.05, 0.1) is 13.7 Å². The summed E-state index contributed by atoms with van der Waals surface area (Å²) < 4.78 is 50.4. The van der Waals surface area contributed by atoms with Gasteiger partial charge in [0.1, 0.15) is 5.58 Å². The second-order valence-electron chi connectivity index (χ2n) is 13.8. The average Bonchev–Trinajstić information content (AvgIpc) is 3.66. The Labute approximate surface area is 347 Å². The van der Waals surface area contributed by atoms with E-state index in [0.29, 0.717) is 11.3 Å². The number of furan rings is 1. The first kappa shape index (κ1) is 31.1. The maximum atomic E-state index is 7.28. The molecule has 1 radical (unpaired) electrons. The zero-order valence-corrected chi connectivity index (χ0v) is 34.4. The molecule has 0 aliphatic heterocycles. The van der Waals surface area contributed by atoms with Crippen molar-refractivity contribution in [3.05, 3.63) is 163 Å². The predicted octanol–water partition coefficient (Wildman–Crippen LogP) is 13.3. The van der Waals surface area contributed by atoms with E-state index in [1.807, 2.05) is 12.3 Å². The third-order valence-electron chi connectivity index (χ3n) is 11.0. The van der Waals surface area contributed by atoms with Gasteiger partial charge in [-0.05, 0) is 57.2 Å². The topological polar surface area (TPSA) is 38.9 Å². The smallest absolute Gasteiger partial charge is 0.129 e. The molecule has 9 rings (SSSR count). The normalized spacial score (nSPS) is 13.5. The van der Waals surface area contributed by atoms with Crippen LogP contribution in [0.5, 0.6) is 0 Å². The second kappa shape index (κ2) is 16.3. The summed E-state index contributed by atoms with van der Waals surface area (Å²) in [6, 6.07) is 52.7. The molecule has 3 heterocycles. The van der Waals surface area contributed by atoms with Gasteiger partial charge >= 0.3 is 0 Å². The van der Waals surface area contributed by atoms with Crippen LogP contribution in [0.2, 0.25) is 18.1 Å². The van der Waals surface area contributed by atoms with Crippen molar-refractivity contribution in [1.82, 2.24) is 9.97 Å². The predicted molar refractivity (Wildman–Crippen MR) is 231 cm³/mol. The molecule has 9 aromatic rings. The van der Waals surface area contributed by atoms with Gasteiger partial charge in [-0.3, -0.25) is 0 Å². The van der Waals surface area contributed by atoms with Crippen LogP contribution in [0.4, 0.5) is 0 Å². The Morgan fingerprint density at radius 3 is 2.11 bits per heavy atom. The molecule has 55 heavy (non-hydrogen) atoms. The molecule has 0 amide bonds. The van der Waals surface area contributed by atoms with E-state index in [2.05, 4.69) is 129 Å². The van der Waals surface area contributed by atoms with Crippen LogP contribution in [0.25, 0.3) is 77.1 Å². The van der Waals surface area contributed by atoms with Gasteiger partial charge < -0.3 is 14.4 Å². The molecule has 0 fully saturated rings. The number of aryl methyl sites for hydroxylation is 2. The molecule has 0 spiro atoms. The Kier molecular flexibility index (Phi) is 9.19. The molecule has 0 atom stereocenters. The van der Waals surface area contributed by atoms with E-state index in [4.69, 9.17) is 17.6 Å². The molecule has 3 aromatic heterocycles. The number of aromatic nitrogens is 2. The largest absolute Gasteiger partial charge is 0.500 e. The number of hydrogen-bond acceptors (Lipinski definition) is 3. The summed E-state index contributed by atoms with van der Waals surface area (Å²) in [6.45, 7) is 2.75. The SMILES string of the molecule is CC[Si](CC)(CC)c1ccc(-c2ccnc(-c3[c-]ccc4c3oc3c4ccc4ccc5ccccc5c43)c2)cc1.[2H]C([2H])([2H])c1c[c-]c(-c2ccc(C([2H])([2H])[2H])cn2)cc1.[Ir]. The number of pyridine rings is 2. The Balaban J connectivity index is 0.000000226. The van der Waals surface area contributed by atoms with Crippen LogP contribution in [-0.2, 0) is 20.1 Å². The minimum atomic E-state index is -2.18. The number of hydrogen-bond donors (Lipinski definition) is 0. The zero-order chi connectivity index (χ0) is 42.2. The summed E-state index contributed by atoms with van der Waals surface area (Å²) in [6.07, 6.45) is 3.20. The molecule has 3 nitrogen and oxygen atoms in total. The standard InChI is InChI=1S/C37H32NOSi.C13H12N.Ir/c1-4-40(5-2,6-3)29-19-16-25(17-20-29)28-22-23-38-34(24-28)33-13-9-12-31-32-21-18-27-15-14-26-10-7-8-11-30(26)35(27)37(32)39-36(31)33;1-10-3-6-12(7-4-10)13-8-5-11(2)9-14-13;/h7-12,14-24H,4-6H2,1-3H3;3-6,8-9H,1-2H3;/q2*-1;/i;1D3,2D3;. The molecule has 0 unspecified atom stereocenters. The van der Waals surface area contributed by atoms with Gasteiger partial charge in [-0.1, -0.05) is 153 Å². The van der Waals surface area contributed by atoms with Gasteiger partial charge in [0.25, 0.3) is 0 Å². The van der Waals surface area contributed by atoms with E-state index >= 15 is 0 Å². The van der Waals surface area contributed by atoms with Gasteiger partial charge in [0, 0.05) is 51.5 Å². The van der Waals surface area contributed by atoms with E-state index in [1.54, 1.807) is 17.3 Å². The summed E-state index contributed by atoms with van der Waals surface area (Å²) in [5.74, 6) is 0. The summed E-state index contributed by atoms with van der Waals surface area (Å²) in [4.78, 5) is 8.86. The van der Waals surface area contributed by atoms with Crippen molar-refractivity contribution < 1.29 is 32.7 Å². The minimum absolute atomic E-state index is 0. The molecule has 0 aliphatic rings. The van der Waals surface area contributed by atoms with Crippen LogP contribution in [0.1, 0.15) is 40.1 Å². The number of rotatable bonds is 7. The maximum absolute atomic E-state index is 7.28. The van der Waals surface area contributed by atoms with E-state index in [0.717, 1.165) is 44.1 Å². The summed E-state index contributed by atoms with van der Waals surface area (Å²) in [7, 11) is -1.39. The van der Waals surface area contributed by atoms with E-state index in [-0.39, 0.29) is 31.2 Å². The van der Waals surface area contributed by atoms with Crippen molar-refractivity contribution in [2.24, 2.45) is 0 Å². The number of fused-ring (bicyclic) bond motifs is 7. The van der Waals surface area contributed by atoms with Gasteiger partial charge in [-0.25, -0.2) is 0 Å². The monoisotopic (exact) mass is 915 g/mol. The molecule has 0 saturated carbocycles. The van der Waals surface area contributed by atoms with E-state index < -0.39 is 21.8 Å². The summed E-state index contributed by atoms with van der Waals surface area (Å²) >= 11 is 0. The molecule has 0 bridgehead atoms. The molecule has 5 heteroatoms. The molecule has 6 aromatic carbocycles. The van der Waals surface area contributed by atoms with Crippen LogP contribution in [0.15, 0.2) is 144 Å². The fourth-order valence-electron chi connectivity index (χ4n) is 7.74. The number of benzene rings is 6. The Bertz CT molecular complexity index is 2890. The van der Waals surface area contributed by atoms with E-state index in [1.165, 1.54) is 64.3 Å². The minimum Gasteiger partial charge on any atom is -0.500 e. The van der Waals surface area contributed by atoms with Crippen molar-refractivity contribution in [2.75, 3.05) is 0 Å². The number of nitrogens with zero attached hydrogens (tertiary/aromatic N) is 2. The molecule has 0 saturated heterocycles. The van der Waals surface area contributed by atoms with Crippen molar-refractivity contribution in [3.63, 3.8) is 0 Å². The molecular weight excluding hydrogens is 865 g/mol. The Morgan fingerprint density at radius 2 is 1.38 bits per heavy atom. The van der Waals surface area contributed by atoms with Crippen LogP contribution in [0.3, 0.4) is 0 Å². The fourth-order valence-corrected chi connectivity index (χ4v) is 11.3. The van der Waals surface area contributed by atoms with Crippen molar-refractivity contribution in [1.29, 1.82) is 0 Å². The van der Waals surface area contributed by atoms with Gasteiger partial charge in [0.2, 0.25) is 0 Å². The average molecular weight is 915 g/mol. The Morgan fingerprint density at radius 1 is 0.636 bits per heavy atom. The maximum Gasteiger partial charge on any atom is 0.129 e. The summed E-state index contributed by atoms with van der Waals surface area (Å²) in [5, 5.41) is 8.54. The zero-order valence-electron chi connectivity index (χ0n) is 37.0. The third-order valence-corrected chi connectivity index (χ3v) is 16.7. The third kappa shape index (κ3) is 7.33. The van der Waals surface area contributed by atoms with Crippen molar-refractivity contribution >= 4 is 56.7 Å². The van der Waals surface area contributed by atoms with Crippen molar-refractivity contribution in [2.45, 2.75) is 52.6 Å². The Hall–Kier alpha value is -5.19. The first-order chi connectivity index (χ1) is 28.8. The molecule has 0 aliphatic carbocycles. The first-order valence-electron chi connectivity index (χ1n) is 21.6. The summed E-state index contributed by atoms with van der Waals surface area (Å²) in [5.41, 5.74) is 7.45. The van der Waals surface area contributed by atoms with Crippen LogP contribution in [-0.4, -0.2) is 18.0 Å². The van der Waals surface area contributed by atoms with Crippen molar-refractivity contribution in [3.8, 4) is 33.6 Å². The van der Waals surface area contributed by atoms with E-state index in [9.17, 15) is 0 Å². The van der Waals surface area contributed by atoms with Gasteiger partial charge in [-0.15, -0.1) is 53.6 Å². The quantitative estimate of drug-likeness (QED) is 0.0908. The second-order valence-corrected chi connectivity index (χ2v) is 19.1. The van der Waals surface area contributed by atoms with Crippen LogP contribution < -0.4 is 5.19 Å². The van der Waals surface area contributed by atoms with Gasteiger partial charge in [0.15, 0.2) is 0 Å². The van der Waals surface area contributed by atoms with Crippen LogP contribution in [0, 0.1) is 25.8 Å². The van der Waals surface area contributed by atoms with Crippen LogP contribution >= 0.6 is 0 Å². The molecule has 275 valence electrons. The first-order valence-corrected chi connectivity index (χ1v) is 21.2. The van der Waals surface area contributed by atoms with Gasteiger partial charge in [-0.2, -0.15) is 0 Å².